The van der Waals surface area contributed by atoms with Gasteiger partial charge in [0.25, 0.3) is 0 Å². The van der Waals surface area contributed by atoms with Crippen molar-refractivity contribution in [2.24, 2.45) is 10.5 Å². The van der Waals surface area contributed by atoms with Crippen LogP contribution in [0.3, 0.4) is 0 Å². The number of benzene rings is 2. The van der Waals surface area contributed by atoms with Crippen LogP contribution in [0.4, 0.5) is 18.9 Å². The standard InChI is InChI=1S/C21H20ClF3N2O4S/c1-4-31-19(28)20(2)12-27(26-18(20)13-5-7-14(22)8-6-13)15-9-10-16(21(23,24)25)17(11-15)32(3,29)30/h5-11H,4,12H2,1-3H3. The molecule has 0 bridgehead atoms. The number of alkyl halides is 3. The van der Waals surface area contributed by atoms with Gasteiger partial charge in [0, 0.05) is 11.3 Å². The Bertz CT molecular complexity index is 1180. The van der Waals surface area contributed by atoms with Crippen LogP contribution in [-0.4, -0.2) is 39.5 Å². The lowest BCUT2D eigenvalue weighted by atomic mass is 9.82. The van der Waals surface area contributed by atoms with Crippen LogP contribution in [0.5, 0.6) is 0 Å². The van der Waals surface area contributed by atoms with Gasteiger partial charge < -0.3 is 4.74 Å². The molecular weight excluding hydrogens is 469 g/mol. The van der Waals surface area contributed by atoms with Crippen molar-refractivity contribution in [3.05, 3.63) is 58.6 Å². The molecule has 1 unspecified atom stereocenters. The molecule has 0 aliphatic carbocycles. The van der Waals surface area contributed by atoms with E-state index in [0.29, 0.717) is 28.6 Å². The van der Waals surface area contributed by atoms with Gasteiger partial charge in [-0.1, -0.05) is 23.7 Å². The molecule has 1 aliphatic rings. The number of halogens is 4. The first-order chi connectivity index (χ1) is 14.8. The van der Waals surface area contributed by atoms with Crippen LogP contribution in [0.15, 0.2) is 52.5 Å². The minimum atomic E-state index is -4.85. The van der Waals surface area contributed by atoms with Gasteiger partial charge in [-0.05, 0) is 49.7 Å². The van der Waals surface area contributed by atoms with Gasteiger partial charge in [-0.15, -0.1) is 0 Å². The molecule has 0 amide bonds. The molecule has 32 heavy (non-hydrogen) atoms. The van der Waals surface area contributed by atoms with E-state index in [1.54, 1.807) is 38.1 Å². The van der Waals surface area contributed by atoms with Gasteiger partial charge in [0.05, 0.1) is 35.0 Å². The van der Waals surface area contributed by atoms with Crippen molar-refractivity contribution in [2.75, 3.05) is 24.4 Å². The Kier molecular flexibility index (Phi) is 6.32. The third-order valence-corrected chi connectivity index (χ3v) is 6.41. The summed E-state index contributed by atoms with van der Waals surface area (Å²) >= 11 is 5.95. The van der Waals surface area contributed by atoms with Gasteiger partial charge in [0.1, 0.15) is 5.41 Å². The van der Waals surface area contributed by atoms with E-state index in [4.69, 9.17) is 16.3 Å². The van der Waals surface area contributed by atoms with E-state index < -0.39 is 37.9 Å². The van der Waals surface area contributed by atoms with E-state index in [0.717, 1.165) is 12.1 Å². The number of sulfone groups is 1. The zero-order valence-corrected chi connectivity index (χ0v) is 19.0. The van der Waals surface area contributed by atoms with Crippen molar-refractivity contribution in [3.8, 4) is 0 Å². The summed E-state index contributed by atoms with van der Waals surface area (Å²) < 4.78 is 69.4. The van der Waals surface area contributed by atoms with E-state index in [2.05, 4.69) is 5.10 Å². The minimum Gasteiger partial charge on any atom is -0.465 e. The molecule has 0 radical (unpaired) electrons. The number of esters is 1. The van der Waals surface area contributed by atoms with Crippen molar-refractivity contribution < 1.29 is 31.1 Å². The number of nitrogens with zero attached hydrogens (tertiary/aromatic N) is 2. The second kappa shape index (κ2) is 8.40. The highest BCUT2D eigenvalue weighted by molar-refractivity contribution is 7.90. The minimum absolute atomic E-state index is 0.0572. The zero-order valence-electron chi connectivity index (χ0n) is 17.4. The number of carbonyl (C=O) groups is 1. The first-order valence-electron chi connectivity index (χ1n) is 9.48. The number of hydrogen-bond donors (Lipinski definition) is 0. The number of ether oxygens (including phenoxy) is 1. The van der Waals surface area contributed by atoms with Crippen LogP contribution >= 0.6 is 11.6 Å². The first kappa shape index (κ1) is 24.1. The molecule has 1 aliphatic heterocycles. The Morgan fingerprint density at radius 2 is 1.84 bits per heavy atom. The maximum Gasteiger partial charge on any atom is 0.417 e. The maximum absolute atomic E-state index is 13.3. The number of hydrogen-bond acceptors (Lipinski definition) is 6. The Balaban J connectivity index is 2.14. The summed E-state index contributed by atoms with van der Waals surface area (Å²) in [6.07, 6.45) is -4.14. The van der Waals surface area contributed by atoms with Crippen molar-refractivity contribution in [3.63, 3.8) is 0 Å². The van der Waals surface area contributed by atoms with E-state index >= 15 is 0 Å². The monoisotopic (exact) mass is 488 g/mol. The number of anilines is 1. The van der Waals surface area contributed by atoms with Crippen molar-refractivity contribution in [1.82, 2.24) is 0 Å². The molecule has 6 nitrogen and oxygen atoms in total. The molecule has 2 aromatic rings. The second-order valence-corrected chi connectivity index (χ2v) is 9.94. The Morgan fingerprint density at radius 1 is 1.22 bits per heavy atom. The van der Waals surface area contributed by atoms with E-state index in [1.807, 2.05) is 0 Å². The quantitative estimate of drug-likeness (QED) is 0.577. The Morgan fingerprint density at radius 3 is 2.38 bits per heavy atom. The smallest absolute Gasteiger partial charge is 0.417 e. The highest BCUT2D eigenvalue weighted by Gasteiger charge is 2.47. The molecular formula is C21H20ClF3N2O4S. The molecule has 3 rings (SSSR count). The molecule has 2 aromatic carbocycles. The highest BCUT2D eigenvalue weighted by Crippen LogP contribution is 2.39. The Hall–Kier alpha value is -2.59. The third-order valence-electron chi connectivity index (χ3n) is 5.02. The van der Waals surface area contributed by atoms with Crippen molar-refractivity contribution in [1.29, 1.82) is 0 Å². The summed E-state index contributed by atoms with van der Waals surface area (Å²) in [5, 5.41) is 6.24. The average Bonchev–Trinajstić information content (AvgIpc) is 3.06. The van der Waals surface area contributed by atoms with Crippen LogP contribution in [0, 0.1) is 5.41 Å². The van der Waals surface area contributed by atoms with Crippen LogP contribution in [0.1, 0.15) is 25.0 Å². The second-order valence-electron chi connectivity index (χ2n) is 7.52. The summed E-state index contributed by atoms with van der Waals surface area (Å²) in [6.45, 7) is 3.33. The van der Waals surface area contributed by atoms with Crippen molar-refractivity contribution in [2.45, 2.75) is 24.9 Å². The van der Waals surface area contributed by atoms with Gasteiger partial charge >= 0.3 is 12.1 Å². The summed E-state index contributed by atoms with van der Waals surface area (Å²) in [4.78, 5) is 11.9. The van der Waals surface area contributed by atoms with Gasteiger partial charge in [-0.3, -0.25) is 9.80 Å². The van der Waals surface area contributed by atoms with E-state index in [1.165, 1.54) is 5.01 Å². The third kappa shape index (κ3) is 4.61. The van der Waals surface area contributed by atoms with Gasteiger partial charge in [-0.2, -0.15) is 18.3 Å². The number of rotatable bonds is 5. The summed E-state index contributed by atoms with van der Waals surface area (Å²) in [7, 11) is -4.19. The van der Waals surface area contributed by atoms with Crippen LogP contribution in [0.25, 0.3) is 0 Å². The van der Waals surface area contributed by atoms with Crippen LogP contribution < -0.4 is 5.01 Å². The SMILES string of the molecule is CCOC(=O)C1(C)CN(c2ccc(C(F)(F)F)c(S(C)(=O)=O)c2)N=C1c1ccc(Cl)cc1. The fraction of sp³-hybridized carbons (Fsp3) is 0.333. The summed E-state index contributed by atoms with van der Waals surface area (Å²) in [6, 6.07) is 9.30. The van der Waals surface area contributed by atoms with Crippen molar-refractivity contribution >= 4 is 38.8 Å². The first-order valence-corrected chi connectivity index (χ1v) is 11.8. The molecule has 0 saturated heterocycles. The normalized spacial score (nSPS) is 19.1. The maximum atomic E-state index is 13.3. The van der Waals surface area contributed by atoms with Gasteiger partial charge in [-0.25, -0.2) is 8.42 Å². The molecule has 1 atom stereocenters. The molecule has 0 saturated carbocycles. The fourth-order valence-electron chi connectivity index (χ4n) is 3.44. The average molecular weight is 489 g/mol. The zero-order chi connectivity index (χ0) is 23.9. The molecule has 1 heterocycles. The molecule has 172 valence electrons. The van der Waals surface area contributed by atoms with Gasteiger partial charge in [0.15, 0.2) is 9.84 Å². The fourth-order valence-corrected chi connectivity index (χ4v) is 4.48. The van der Waals surface area contributed by atoms with Crippen LogP contribution in [0.2, 0.25) is 5.02 Å². The molecule has 0 fully saturated rings. The largest absolute Gasteiger partial charge is 0.465 e. The molecule has 0 spiro atoms. The van der Waals surface area contributed by atoms with E-state index in [9.17, 15) is 26.4 Å². The lowest BCUT2D eigenvalue weighted by Crippen LogP contribution is -2.40. The lowest BCUT2D eigenvalue weighted by Gasteiger charge is -2.25. The Labute approximate surface area is 188 Å². The molecule has 11 heteroatoms. The molecule has 0 N–H and O–H groups in total. The predicted molar refractivity (Wildman–Crippen MR) is 115 cm³/mol. The number of hydrazone groups is 1. The highest BCUT2D eigenvalue weighted by atomic mass is 35.5. The lowest BCUT2D eigenvalue weighted by molar-refractivity contribution is -0.149. The predicted octanol–water partition coefficient (Wildman–Crippen LogP) is 4.56. The number of carbonyl (C=O) groups excluding carboxylic acids is 1. The van der Waals surface area contributed by atoms with Crippen LogP contribution in [-0.2, 0) is 25.5 Å². The van der Waals surface area contributed by atoms with Gasteiger partial charge in [0.2, 0.25) is 0 Å². The van der Waals surface area contributed by atoms with E-state index in [-0.39, 0.29) is 18.8 Å². The topological polar surface area (TPSA) is 76.0 Å². The summed E-state index contributed by atoms with van der Waals surface area (Å²) in [5.41, 5.74) is -1.52. The molecule has 0 aromatic heterocycles. The summed E-state index contributed by atoms with van der Waals surface area (Å²) in [5.74, 6) is -0.563.